The largest absolute Gasteiger partial charge is 0.449 e. The van der Waals surface area contributed by atoms with E-state index in [4.69, 9.17) is 10.5 Å². The van der Waals surface area contributed by atoms with Crippen LogP contribution in [0.2, 0.25) is 0 Å². The second-order valence-electron chi connectivity index (χ2n) is 3.04. The minimum atomic E-state index is -0.465. The van der Waals surface area contributed by atoms with Crippen LogP contribution in [-0.4, -0.2) is 36.1 Å². The minimum absolute atomic E-state index is 0.403. The van der Waals surface area contributed by atoms with Crippen LogP contribution in [0, 0.1) is 0 Å². The van der Waals surface area contributed by atoms with Gasteiger partial charge in [0.05, 0.1) is 13.2 Å². The molecule has 0 saturated carbocycles. The Hall–Kier alpha value is -1.26. The third-order valence-electron chi connectivity index (χ3n) is 1.90. The van der Waals surface area contributed by atoms with Crippen LogP contribution in [0.15, 0.2) is 0 Å². The number of hydrogen-bond acceptors (Lipinski definition) is 3. The first kappa shape index (κ1) is 9.83. The molecule has 0 bridgehead atoms. The summed E-state index contributed by atoms with van der Waals surface area (Å²) in [6.45, 7) is 2.83. The molecule has 1 saturated heterocycles. The zero-order chi connectivity index (χ0) is 9.84. The quantitative estimate of drug-likeness (QED) is 0.499. The molecule has 1 aliphatic rings. The molecule has 0 radical (unpaired) electrons. The van der Waals surface area contributed by atoms with Crippen LogP contribution < -0.4 is 5.73 Å². The van der Waals surface area contributed by atoms with Crippen LogP contribution in [0.1, 0.15) is 19.8 Å². The van der Waals surface area contributed by atoms with Crippen molar-refractivity contribution in [1.82, 2.24) is 4.90 Å². The molecular formula is C8H14N2O3. The molecule has 5 heteroatoms. The lowest BCUT2D eigenvalue weighted by molar-refractivity contribution is -0.118. The van der Waals surface area contributed by atoms with Crippen molar-refractivity contribution in [2.45, 2.75) is 25.8 Å². The Kier molecular flexibility index (Phi) is 3.11. The van der Waals surface area contributed by atoms with Crippen molar-refractivity contribution in [2.24, 2.45) is 5.73 Å². The molecule has 1 atom stereocenters. The van der Waals surface area contributed by atoms with Crippen LogP contribution >= 0.6 is 0 Å². The van der Waals surface area contributed by atoms with Gasteiger partial charge in [-0.05, 0) is 6.42 Å². The Morgan fingerprint density at radius 3 is 2.77 bits per heavy atom. The van der Waals surface area contributed by atoms with E-state index in [0.717, 1.165) is 12.8 Å². The number of nitrogens with two attached hydrogens (primary N) is 1. The van der Waals surface area contributed by atoms with Gasteiger partial charge in [0.15, 0.2) is 0 Å². The van der Waals surface area contributed by atoms with E-state index in [1.165, 1.54) is 4.90 Å². The molecule has 13 heavy (non-hydrogen) atoms. The number of carbonyl (C=O) groups is 2. The van der Waals surface area contributed by atoms with E-state index < -0.39 is 18.0 Å². The van der Waals surface area contributed by atoms with Crippen LogP contribution in [0.5, 0.6) is 0 Å². The van der Waals surface area contributed by atoms with Gasteiger partial charge in [0.1, 0.15) is 6.04 Å². The molecule has 0 spiro atoms. The number of rotatable bonds is 4. The average Bonchev–Trinajstić information content (AvgIpc) is 2.83. The van der Waals surface area contributed by atoms with E-state index in [9.17, 15) is 9.59 Å². The van der Waals surface area contributed by atoms with E-state index in [2.05, 4.69) is 0 Å². The summed E-state index contributed by atoms with van der Waals surface area (Å²) in [5.74, 6) is -0.465. The summed E-state index contributed by atoms with van der Waals surface area (Å²) in [7, 11) is 0. The first-order chi connectivity index (χ1) is 6.16. The van der Waals surface area contributed by atoms with E-state index >= 15 is 0 Å². The molecule has 1 rings (SSSR count). The molecule has 1 fully saturated rings. The molecule has 1 unspecified atom stereocenters. The van der Waals surface area contributed by atoms with E-state index in [1.807, 2.05) is 6.92 Å². The summed E-state index contributed by atoms with van der Waals surface area (Å²) in [4.78, 5) is 23.0. The number of carbonyl (C=O) groups excluding carboxylic acids is 2. The van der Waals surface area contributed by atoms with E-state index in [0.29, 0.717) is 13.2 Å². The van der Waals surface area contributed by atoms with E-state index in [1.54, 1.807) is 0 Å². The van der Waals surface area contributed by atoms with Gasteiger partial charge in [-0.25, -0.2) is 4.79 Å². The third kappa shape index (κ3) is 2.61. The number of unbranched alkanes of at least 4 members (excludes halogenated alkanes) is 1. The standard InChI is InChI=1S/C8H14N2O3/c1-2-3-4-13-8(12)10-5-6(10)7(9)11/h6H,2-5H2,1H3,(H2,9,11). The second-order valence-corrected chi connectivity index (χ2v) is 3.04. The predicted octanol–water partition coefficient (Wildman–Crippen LogP) is 0.0926. The van der Waals surface area contributed by atoms with Crippen LogP contribution in [0.3, 0.4) is 0 Å². The number of nitrogens with zero attached hydrogens (tertiary/aromatic N) is 1. The van der Waals surface area contributed by atoms with Crippen LogP contribution in [0.4, 0.5) is 4.79 Å². The van der Waals surface area contributed by atoms with Gasteiger partial charge < -0.3 is 10.5 Å². The lowest BCUT2D eigenvalue weighted by Crippen LogP contribution is -2.25. The maximum Gasteiger partial charge on any atom is 0.410 e. The molecular weight excluding hydrogens is 172 g/mol. The summed E-state index contributed by atoms with van der Waals surface area (Å²) in [5.41, 5.74) is 4.99. The van der Waals surface area contributed by atoms with Gasteiger partial charge in [-0.1, -0.05) is 13.3 Å². The smallest absolute Gasteiger partial charge is 0.410 e. The second kappa shape index (κ2) is 4.11. The van der Waals surface area contributed by atoms with Crippen molar-refractivity contribution >= 4 is 12.0 Å². The average molecular weight is 186 g/mol. The Bertz CT molecular complexity index is 217. The number of hydrogen-bond donors (Lipinski definition) is 1. The molecule has 2 amide bonds. The molecule has 5 nitrogen and oxygen atoms in total. The highest BCUT2D eigenvalue weighted by molar-refractivity contribution is 5.89. The fraction of sp³-hybridized carbons (Fsp3) is 0.750. The van der Waals surface area contributed by atoms with Crippen molar-refractivity contribution in [2.75, 3.05) is 13.2 Å². The monoisotopic (exact) mass is 186 g/mol. The van der Waals surface area contributed by atoms with Crippen molar-refractivity contribution in [3.8, 4) is 0 Å². The first-order valence-electron chi connectivity index (χ1n) is 4.39. The summed E-state index contributed by atoms with van der Waals surface area (Å²) < 4.78 is 4.87. The highest BCUT2D eigenvalue weighted by atomic mass is 16.6. The van der Waals surface area contributed by atoms with Gasteiger partial charge >= 0.3 is 6.09 Å². The summed E-state index contributed by atoms with van der Waals surface area (Å²) in [6.07, 6.45) is 1.39. The Balaban J connectivity index is 2.16. The normalized spacial score (nSPS) is 19.8. The van der Waals surface area contributed by atoms with Gasteiger partial charge in [0.2, 0.25) is 5.91 Å². The summed E-state index contributed by atoms with van der Waals surface area (Å²) >= 11 is 0. The highest BCUT2D eigenvalue weighted by Gasteiger charge is 2.43. The molecule has 2 N–H and O–H groups in total. The van der Waals surface area contributed by atoms with Gasteiger partial charge in [0, 0.05) is 0 Å². The molecule has 0 aliphatic carbocycles. The van der Waals surface area contributed by atoms with Crippen molar-refractivity contribution in [3.05, 3.63) is 0 Å². The van der Waals surface area contributed by atoms with Crippen LogP contribution in [-0.2, 0) is 9.53 Å². The summed E-state index contributed by atoms with van der Waals surface area (Å²) in [6, 6.07) is -0.436. The Morgan fingerprint density at radius 2 is 2.31 bits per heavy atom. The highest BCUT2D eigenvalue weighted by Crippen LogP contribution is 2.17. The van der Waals surface area contributed by atoms with Crippen molar-refractivity contribution in [1.29, 1.82) is 0 Å². The number of primary amides is 1. The van der Waals surface area contributed by atoms with Gasteiger partial charge in [-0.15, -0.1) is 0 Å². The Labute approximate surface area is 76.8 Å². The van der Waals surface area contributed by atoms with Gasteiger partial charge in [-0.3, -0.25) is 9.69 Å². The minimum Gasteiger partial charge on any atom is -0.449 e. The van der Waals surface area contributed by atoms with E-state index in [-0.39, 0.29) is 0 Å². The molecule has 74 valence electrons. The SMILES string of the molecule is CCCCOC(=O)N1CC1C(N)=O. The van der Waals surface area contributed by atoms with Gasteiger partial charge in [-0.2, -0.15) is 0 Å². The first-order valence-corrected chi connectivity index (χ1v) is 4.39. The van der Waals surface area contributed by atoms with Crippen LogP contribution in [0.25, 0.3) is 0 Å². The van der Waals surface area contributed by atoms with Gasteiger partial charge in [0.25, 0.3) is 0 Å². The fourth-order valence-electron chi connectivity index (χ4n) is 0.971. The maximum absolute atomic E-state index is 11.1. The van der Waals surface area contributed by atoms with Crippen molar-refractivity contribution < 1.29 is 14.3 Å². The maximum atomic E-state index is 11.1. The van der Waals surface area contributed by atoms with Crippen molar-refractivity contribution in [3.63, 3.8) is 0 Å². The summed E-state index contributed by atoms with van der Waals surface area (Å²) in [5, 5.41) is 0. The molecule has 1 heterocycles. The number of amides is 2. The zero-order valence-electron chi connectivity index (χ0n) is 7.66. The lowest BCUT2D eigenvalue weighted by Gasteiger charge is -2.04. The topological polar surface area (TPSA) is 72.4 Å². The third-order valence-corrected chi connectivity index (χ3v) is 1.90. The lowest BCUT2D eigenvalue weighted by atomic mass is 10.4. The molecule has 0 aromatic carbocycles. The Morgan fingerprint density at radius 1 is 1.62 bits per heavy atom. The molecule has 0 aromatic rings. The molecule has 1 aliphatic heterocycles. The molecule has 0 aromatic heterocycles. The predicted molar refractivity (Wildman–Crippen MR) is 45.9 cm³/mol. The zero-order valence-corrected chi connectivity index (χ0v) is 7.66. The number of ether oxygens (including phenoxy) is 1. The fourth-order valence-corrected chi connectivity index (χ4v) is 0.971.